The molecule has 0 aromatic carbocycles. The minimum Gasteiger partial charge on any atom is -0.206 e. The van der Waals surface area contributed by atoms with Crippen LogP contribution in [0.25, 0.3) is 0 Å². The topological polar surface area (TPSA) is 37.4 Å². The molecule has 0 spiro atoms. The van der Waals surface area contributed by atoms with Crippen molar-refractivity contribution in [1.29, 1.82) is 0 Å². The first-order valence-electron chi connectivity index (χ1n) is 5.19. The fraction of sp³-hybridized carbons (Fsp3) is 0.600. The van der Waals surface area contributed by atoms with Crippen molar-refractivity contribution in [2.75, 3.05) is 13.1 Å². The zero-order valence-electron chi connectivity index (χ0n) is 9.66. The fourth-order valence-electron chi connectivity index (χ4n) is 1.38. The average molecular weight is 326 g/mol. The first-order chi connectivity index (χ1) is 7.43. The maximum absolute atomic E-state index is 12.2. The van der Waals surface area contributed by atoms with E-state index in [-0.39, 0.29) is 0 Å². The predicted molar refractivity (Wildman–Crippen MR) is 71.5 cm³/mol. The molecule has 1 aromatic heterocycles. The number of thiophene rings is 1. The summed E-state index contributed by atoms with van der Waals surface area (Å²) in [5.74, 6) is 0. The van der Waals surface area contributed by atoms with Crippen LogP contribution in [-0.4, -0.2) is 25.8 Å². The van der Waals surface area contributed by atoms with Gasteiger partial charge in [-0.3, -0.25) is 0 Å². The molecule has 6 heteroatoms. The van der Waals surface area contributed by atoms with Crippen molar-refractivity contribution in [3.05, 3.63) is 15.4 Å². The molecular formula is C10H16BrNO2S2. The van der Waals surface area contributed by atoms with Gasteiger partial charge in [0.05, 0.1) is 3.79 Å². The van der Waals surface area contributed by atoms with Gasteiger partial charge in [-0.2, -0.15) is 4.31 Å². The normalized spacial score (nSPS) is 12.3. The molecule has 0 N–H and O–H groups in total. The molecule has 0 saturated carbocycles. The molecule has 0 amide bonds. The van der Waals surface area contributed by atoms with E-state index in [0.717, 1.165) is 15.8 Å². The van der Waals surface area contributed by atoms with Gasteiger partial charge in [-0.05, 0) is 40.9 Å². The highest BCUT2D eigenvalue weighted by Gasteiger charge is 2.24. The molecule has 0 atom stereocenters. The van der Waals surface area contributed by atoms with E-state index >= 15 is 0 Å². The molecular weight excluding hydrogens is 310 g/mol. The number of nitrogens with zero attached hydrogens (tertiary/aromatic N) is 1. The van der Waals surface area contributed by atoms with Crippen LogP contribution in [0.4, 0.5) is 0 Å². The molecule has 1 aromatic rings. The van der Waals surface area contributed by atoms with Crippen LogP contribution in [0.2, 0.25) is 0 Å². The van der Waals surface area contributed by atoms with Crippen LogP contribution in [0.15, 0.2) is 14.1 Å². The third kappa shape index (κ3) is 2.85. The largest absolute Gasteiger partial charge is 0.252 e. The number of hydrogen-bond acceptors (Lipinski definition) is 3. The fourth-order valence-corrected chi connectivity index (χ4v) is 5.31. The molecule has 1 rings (SSSR count). The Morgan fingerprint density at radius 3 is 2.44 bits per heavy atom. The van der Waals surface area contributed by atoms with Gasteiger partial charge in [-0.15, -0.1) is 11.3 Å². The summed E-state index contributed by atoms with van der Waals surface area (Å²) in [6, 6.07) is 1.72. The summed E-state index contributed by atoms with van der Waals surface area (Å²) in [5, 5.41) is 0. The quantitative estimate of drug-likeness (QED) is 0.833. The molecule has 0 aliphatic carbocycles. The minimum atomic E-state index is -3.29. The molecule has 0 aliphatic heterocycles. The van der Waals surface area contributed by atoms with Crippen LogP contribution < -0.4 is 0 Å². The highest BCUT2D eigenvalue weighted by Crippen LogP contribution is 2.32. The summed E-state index contributed by atoms with van der Waals surface area (Å²) < 4.78 is 27.3. The summed E-state index contributed by atoms with van der Waals surface area (Å²) in [4.78, 5) is 0. The standard InChI is InChI=1S/C10H16BrNO2S2/c1-4-6-12(5-2)16(13,14)9-7-8(3)10(11)15-9/h7H,4-6H2,1-3H3. The molecule has 1 heterocycles. The molecule has 3 nitrogen and oxygen atoms in total. The highest BCUT2D eigenvalue weighted by atomic mass is 79.9. The summed E-state index contributed by atoms with van der Waals surface area (Å²) in [7, 11) is -3.29. The van der Waals surface area contributed by atoms with Crippen molar-refractivity contribution in [3.63, 3.8) is 0 Å². The Hall–Kier alpha value is 0.0900. The van der Waals surface area contributed by atoms with Crippen LogP contribution in [-0.2, 0) is 10.0 Å². The van der Waals surface area contributed by atoms with Crippen LogP contribution in [0, 0.1) is 6.92 Å². The van der Waals surface area contributed by atoms with Crippen molar-refractivity contribution in [1.82, 2.24) is 4.31 Å². The van der Waals surface area contributed by atoms with Crippen molar-refractivity contribution < 1.29 is 8.42 Å². The second-order valence-electron chi connectivity index (χ2n) is 3.52. The maximum atomic E-state index is 12.2. The van der Waals surface area contributed by atoms with Crippen molar-refractivity contribution in [2.45, 2.75) is 31.4 Å². The zero-order valence-corrected chi connectivity index (χ0v) is 12.9. The van der Waals surface area contributed by atoms with Gasteiger partial charge in [-0.25, -0.2) is 8.42 Å². The maximum Gasteiger partial charge on any atom is 0.252 e. The lowest BCUT2D eigenvalue weighted by Gasteiger charge is -2.18. The van der Waals surface area contributed by atoms with Gasteiger partial charge >= 0.3 is 0 Å². The van der Waals surface area contributed by atoms with Gasteiger partial charge < -0.3 is 0 Å². The first kappa shape index (κ1) is 14.2. The van der Waals surface area contributed by atoms with Gasteiger partial charge in [0.25, 0.3) is 10.0 Å². The summed E-state index contributed by atoms with van der Waals surface area (Å²) >= 11 is 4.63. The summed E-state index contributed by atoms with van der Waals surface area (Å²) in [5.41, 5.74) is 0.969. The van der Waals surface area contributed by atoms with Gasteiger partial charge in [0.2, 0.25) is 0 Å². The number of aryl methyl sites for hydroxylation is 1. The van der Waals surface area contributed by atoms with E-state index in [0.29, 0.717) is 17.3 Å². The molecule has 16 heavy (non-hydrogen) atoms. The predicted octanol–water partition coefficient (Wildman–Crippen LogP) is 3.24. The van der Waals surface area contributed by atoms with E-state index in [9.17, 15) is 8.42 Å². The average Bonchev–Trinajstić information content (AvgIpc) is 2.56. The molecule has 0 radical (unpaired) electrons. The Labute approximate surface area is 110 Å². The molecule has 92 valence electrons. The van der Waals surface area contributed by atoms with E-state index in [1.165, 1.54) is 15.6 Å². The Bertz CT molecular complexity index is 434. The van der Waals surface area contributed by atoms with Gasteiger partial charge in [0, 0.05) is 13.1 Å². The highest BCUT2D eigenvalue weighted by molar-refractivity contribution is 9.11. The molecule has 0 bridgehead atoms. The van der Waals surface area contributed by atoms with E-state index in [1.54, 1.807) is 6.07 Å². The van der Waals surface area contributed by atoms with E-state index in [1.807, 2.05) is 20.8 Å². The van der Waals surface area contributed by atoms with Crippen LogP contribution >= 0.6 is 27.3 Å². The second-order valence-corrected chi connectivity index (χ2v) is 8.05. The lowest BCUT2D eigenvalue weighted by atomic mass is 10.4. The Morgan fingerprint density at radius 1 is 1.44 bits per heavy atom. The van der Waals surface area contributed by atoms with Crippen LogP contribution in [0.5, 0.6) is 0 Å². The van der Waals surface area contributed by atoms with Gasteiger partial charge in [-0.1, -0.05) is 13.8 Å². The Morgan fingerprint density at radius 2 is 2.06 bits per heavy atom. The van der Waals surface area contributed by atoms with Crippen LogP contribution in [0.1, 0.15) is 25.8 Å². The number of sulfonamides is 1. The first-order valence-corrected chi connectivity index (χ1v) is 8.24. The number of hydrogen-bond donors (Lipinski definition) is 0. The zero-order chi connectivity index (χ0) is 12.3. The van der Waals surface area contributed by atoms with Crippen molar-refractivity contribution >= 4 is 37.3 Å². The molecule has 0 fully saturated rings. The van der Waals surface area contributed by atoms with E-state index < -0.39 is 10.0 Å². The minimum absolute atomic E-state index is 0.423. The lowest BCUT2D eigenvalue weighted by Crippen LogP contribution is -2.31. The monoisotopic (exact) mass is 325 g/mol. The smallest absolute Gasteiger partial charge is 0.206 e. The van der Waals surface area contributed by atoms with Gasteiger partial charge in [0.1, 0.15) is 4.21 Å². The van der Waals surface area contributed by atoms with Crippen molar-refractivity contribution in [3.8, 4) is 0 Å². The number of halogens is 1. The SMILES string of the molecule is CCCN(CC)S(=O)(=O)c1cc(C)c(Br)s1. The molecule has 0 aliphatic rings. The summed E-state index contributed by atoms with van der Waals surface area (Å²) in [6.45, 7) is 6.84. The lowest BCUT2D eigenvalue weighted by molar-refractivity contribution is 0.428. The second kappa shape index (κ2) is 5.62. The van der Waals surface area contributed by atoms with E-state index in [4.69, 9.17) is 0 Å². The number of rotatable bonds is 5. The van der Waals surface area contributed by atoms with Crippen LogP contribution in [0.3, 0.4) is 0 Å². The Balaban J connectivity index is 3.09. The third-order valence-corrected chi connectivity index (χ3v) is 6.81. The van der Waals surface area contributed by atoms with Gasteiger partial charge in [0.15, 0.2) is 0 Å². The third-order valence-electron chi connectivity index (χ3n) is 2.25. The Kier molecular flexibility index (Phi) is 4.97. The summed E-state index contributed by atoms with van der Waals surface area (Å²) in [6.07, 6.45) is 0.832. The molecule has 0 saturated heterocycles. The van der Waals surface area contributed by atoms with E-state index in [2.05, 4.69) is 15.9 Å². The molecule has 0 unspecified atom stereocenters. The van der Waals surface area contributed by atoms with Crippen molar-refractivity contribution in [2.24, 2.45) is 0 Å².